The standard InChI is InChI=1S/C18H21NO2/c1-2-18(13-21-14-18)12-20-11-15-6-8-16(9-7-15)17-5-3-4-10-19-17/h3-10H,2,11-14H2,1H3. The van der Waals surface area contributed by atoms with Crippen LogP contribution in [0.5, 0.6) is 0 Å². The fraction of sp³-hybridized carbons (Fsp3) is 0.389. The molecule has 3 heteroatoms. The number of aromatic nitrogens is 1. The van der Waals surface area contributed by atoms with Crippen LogP contribution in [0.2, 0.25) is 0 Å². The Kier molecular flexibility index (Phi) is 4.32. The molecule has 1 aromatic heterocycles. The van der Waals surface area contributed by atoms with E-state index in [0.29, 0.717) is 6.61 Å². The molecule has 1 aromatic carbocycles. The molecule has 3 nitrogen and oxygen atoms in total. The van der Waals surface area contributed by atoms with Gasteiger partial charge in [-0.1, -0.05) is 37.3 Å². The second-order valence-corrected chi connectivity index (χ2v) is 5.75. The van der Waals surface area contributed by atoms with Crippen molar-refractivity contribution in [2.24, 2.45) is 5.41 Å². The summed E-state index contributed by atoms with van der Waals surface area (Å²) < 4.78 is 11.2. The minimum atomic E-state index is 0.258. The second kappa shape index (κ2) is 6.37. The first-order chi connectivity index (χ1) is 10.3. The molecule has 0 radical (unpaired) electrons. The number of rotatable bonds is 6. The highest BCUT2D eigenvalue weighted by Gasteiger charge is 2.36. The van der Waals surface area contributed by atoms with Crippen molar-refractivity contribution in [2.45, 2.75) is 20.0 Å². The summed E-state index contributed by atoms with van der Waals surface area (Å²) in [4.78, 5) is 4.36. The van der Waals surface area contributed by atoms with E-state index in [1.54, 1.807) is 0 Å². The first-order valence-corrected chi connectivity index (χ1v) is 7.47. The maximum Gasteiger partial charge on any atom is 0.0717 e. The van der Waals surface area contributed by atoms with Crippen molar-refractivity contribution in [1.29, 1.82) is 0 Å². The molecule has 3 rings (SSSR count). The van der Waals surface area contributed by atoms with Crippen LogP contribution in [-0.2, 0) is 16.1 Å². The summed E-state index contributed by atoms with van der Waals surface area (Å²) in [5.74, 6) is 0. The van der Waals surface area contributed by atoms with E-state index in [9.17, 15) is 0 Å². The Balaban J connectivity index is 1.55. The summed E-state index contributed by atoms with van der Waals surface area (Å²) in [7, 11) is 0. The smallest absolute Gasteiger partial charge is 0.0717 e. The molecule has 0 bridgehead atoms. The van der Waals surface area contributed by atoms with E-state index < -0.39 is 0 Å². The zero-order chi connectivity index (χ0) is 14.5. The number of benzene rings is 1. The molecule has 0 saturated carbocycles. The summed E-state index contributed by atoms with van der Waals surface area (Å²) >= 11 is 0. The third-order valence-corrected chi connectivity index (χ3v) is 4.16. The van der Waals surface area contributed by atoms with Gasteiger partial charge in [0.1, 0.15) is 0 Å². The van der Waals surface area contributed by atoms with E-state index in [4.69, 9.17) is 9.47 Å². The van der Waals surface area contributed by atoms with Crippen molar-refractivity contribution < 1.29 is 9.47 Å². The highest BCUT2D eigenvalue weighted by Crippen LogP contribution is 2.31. The first-order valence-electron chi connectivity index (χ1n) is 7.47. The Bertz CT molecular complexity index is 556. The van der Waals surface area contributed by atoms with Gasteiger partial charge in [-0.3, -0.25) is 4.98 Å². The van der Waals surface area contributed by atoms with E-state index in [2.05, 4.69) is 36.2 Å². The molecule has 21 heavy (non-hydrogen) atoms. The Morgan fingerprint density at radius 1 is 1.14 bits per heavy atom. The molecule has 1 fully saturated rings. The Labute approximate surface area is 125 Å². The minimum absolute atomic E-state index is 0.258. The lowest BCUT2D eigenvalue weighted by Gasteiger charge is -2.40. The second-order valence-electron chi connectivity index (χ2n) is 5.75. The molecule has 2 aromatic rings. The molecule has 0 aliphatic carbocycles. The Morgan fingerprint density at radius 3 is 2.52 bits per heavy atom. The highest BCUT2D eigenvalue weighted by molar-refractivity contribution is 5.58. The third kappa shape index (κ3) is 3.31. The summed E-state index contributed by atoms with van der Waals surface area (Å²) in [6.07, 6.45) is 2.93. The molecule has 0 amide bonds. The predicted molar refractivity (Wildman–Crippen MR) is 82.9 cm³/mol. The molecule has 110 valence electrons. The van der Waals surface area contributed by atoms with E-state index in [1.165, 1.54) is 5.56 Å². The topological polar surface area (TPSA) is 31.4 Å². The van der Waals surface area contributed by atoms with E-state index in [1.807, 2.05) is 24.4 Å². The number of nitrogens with zero attached hydrogens (tertiary/aromatic N) is 1. The molecule has 0 atom stereocenters. The molecule has 0 spiro atoms. The lowest BCUT2D eigenvalue weighted by molar-refractivity contribution is -0.152. The fourth-order valence-corrected chi connectivity index (χ4v) is 2.47. The summed E-state index contributed by atoms with van der Waals surface area (Å²) in [6.45, 7) is 5.31. The van der Waals surface area contributed by atoms with Crippen LogP contribution in [0.4, 0.5) is 0 Å². The summed E-state index contributed by atoms with van der Waals surface area (Å²) in [5, 5.41) is 0. The average Bonchev–Trinajstić information content (AvgIpc) is 2.51. The van der Waals surface area contributed by atoms with Crippen molar-refractivity contribution in [3.63, 3.8) is 0 Å². The van der Waals surface area contributed by atoms with Crippen molar-refractivity contribution in [1.82, 2.24) is 4.98 Å². The quantitative estimate of drug-likeness (QED) is 0.810. The van der Waals surface area contributed by atoms with Gasteiger partial charge in [0.2, 0.25) is 0 Å². The van der Waals surface area contributed by atoms with Gasteiger partial charge in [-0.25, -0.2) is 0 Å². The maximum atomic E-state index is 5.87. The van der Waals surface area contributed by atoms with Gasteiger partial charge in [-0.2, -0.15) is 0 Å². The van der Waals surface area contributed by atoms with Crippen LogP contribution < -0.4 is 0 Å². The van der Waals surface area contributed by atoms with Crippen LogP contribution >= 0.6 is 0 Å². The molecule has 0 N–H and O–H groups in total. The number of pyridine rings is 1. The van der Waals surface area contributed by atoms with E-state index in [-0.39, 0.29) is 5.41 Å². The molecular formula is C18H21NO2. The van der Waals surface area contributed by atoms with Crippen LogP contribution in [0.25, 0.3) is 11.3 Å². The van der Waals surface area contributed by atoms with Gasteiger partial charge in [0, 0.05) is 17.2 Å². The van der Waals surface area contributed by atoms with Gasteiger partial charge in [0.05, 0.1) is 32.1 Å². The average molecular weight is 283 g/mol. The van der Waals surface area contributed by atoms with Crippen molar-refractivity contribution in [3.05, 3.63) is 54.2 Å². The van der Waals surface area contributed by atoms with Gasteiger partial charge in [0.15, 0.2) is 0 Å². The van der Waals surface area contributed by atoms with Crippen molar-refractivity contribution in [3.8, 4) is 11.3 Å². The lowest BCUT2D eigenvalue weighted by atomic mass is 9.84. The number of ether oxygens (including phenoxy) is 2. The minimum Gasteiger partial charge on any atom is -0.380 e. The third-order valence-electron chi connectivity index (χ3n) is 4.16. The van der Waals surface area contributed by atoms with E-state index >= 15 is 0 Å². The Morgan fingerprint density at radius 2 is 1.95 bits per heavy atom. The molecule has 1 aliphatic heterocycles. The van der Waals surface area contributed by atoms with E-state index in [0.717, 1.165) is 37.5 Å². The van der Waals surface area contributed by atoms with Crippen LogP contribution in [0.3, 0.4) is 0 Å². The van der Waals surface area contributed by atoms with Crippen LogP contribution in [0.15, 0.2) is 48.7 Å². The van der Waals surface area contributed by atoms with Crippen LogP contribution in [0.1, 0.15) is 18.9 Å². The zero-order valence-corrected chi connectivity index (χ0v) is 12.4. The normalized spacial score (nSPS) is 16.4. The summed E-state index contributed by atoms with van der Waals surface area (Å²) in [6, 6.07) is 14.4. The molecule has 1 saturated heterocycles. The van der Waals surface area contributed by atoms with Gasteiger partial charge in [0.25, 0.3) is 0 Å². The predicted octanol–water partition coefficient (Wildman–Crippen LogP) is 3.69. The highest BCUT2D eigenvalue weighted by atomic mass is 16.5. The molecular weight excluding hydrogens is 262 g/mol. The largest absolute Gasteiger partial charge is 0.380 e. The number of hydrogen-bond donors (Lipinski definition) is 0. The monoisotopic (exact) mass is 283 g/mol. The van der Waals surface area contributed by atoms with Gasteiger partial charge in [-0.15, -0.1) is 0 Å². The zero-order valence-electron chi connectivity index (χ0n) is 12.4. The maximum absolute atomic E-state index is 5.87. The lowest BCUT2D eigenvalue weighted by Crippen LogP contribution is -2.45. The fourth-order valence-electron chi connectivity index (χ4n) is 2.47. The number of hydrogen-bond acceptors (Lipinski definition) is 3. The molecule has 1 aliphatic rings. The van der Waals surface area contributed by atoms with Crippen molar-refractivity contribution in [2.75, 3.05) is 19.8 Å². The molecule has 0 unspecified atom stereocenters. The SMILES string of the molecule is CCC1(COCc2ccc(-c3ccccn3)cc2)COC1. The Hall–Kier alpha value is -1.71. The first kappa shape index (κ1) is 14.2. The van der Waals surface area contributed by atoms with Crippen molar-refractivity contribution >= 4 is 0 Å². The molecule has 2 heterocycles. The van der Waals surface area contributed by atoms with Gasteiger partial charge in [-0.05, 0) is 24.1 Å². The van der Waals surface area contributed by atoms with Crippen LogP contribution in [0, 0.1) is 5.41 Å². The van der Waals surface area contributed by atoms with Gasteiger partial charge < -0.3 is 9.47 Å². The van der Waals surface area contributed by atoms with Gasteiger partial charge >= 0.3 is 0 Å². The summed E-state index contributed by atoms with van der Waals surface area (Å²) in [5.41, 5.74) is 3.59. The van der Waals surface area contributed by atoms with Crippen LogP contribution in [-0.4, -0.2) is 24.8 Å².